The van der Waals surface area contributed by atoms with Gasteiger partial charge in [-0.25, -0.2) is 0 Å². The summed E-state index contributed by atoms with van der Waals surface area (Å²) < 4.78 is 0. The van der Waals surface area contributed by atoms with Gasteiger partial charge in [0.2, 0.25) is 5.12 Å². The molecule has 1 atom stereocenters. The predicted octanol–water partition coefficient (Wildman–Crippen LogP) is 2.95. The fourth-order valence-corrected chi connectivity index (χ4v) is 2.71. The molecule has 2 rings (SSSR count). The second-order valence-corrected chi connectivity index (χ2v) is 4.91. The molecular formula is C13H16O2S. The summed E-state index contributed by atoms with van der Waals surface area (Å²) in [5.74, 6) is 0. The van der Waals surface area contributed by atoms with E-state index in [1.807, 2.05) is 18.2 Å². The Morgan fingerprint density at radius 2 is 2.25 bits per heavy atom. The molecule has 0 aliphatic heterocycles. The Bertz CT molecular complexity index is 401. The first-order chi connectivity index (χ1) is 7.74. The van der Waals surface area contributed by atoms with Gasteiger partial charge in [-0.3, -0.25) is 4.79 Å². The number of aryl methyl sites for hydroxylation is 1. The number of carbonyl (C=O) groups is 1. The van der Waals surface area contributed by atoms with Crippen molar-refractivity contribution in [2.45, 2.75) is 31.8 Å². The maximum Gasteiger partial charge on any atom is 0.219 e. The monoisotopic (exact) mass is 236 g/mol. The van der Waals surface area contributed by atoms with Gasteiger partial charge >= 0.3 is 0 Å². The van der Waals surface area contributed by atoms with Crippen LogP contribution in [0.2, 0.25) is 0 Å². The molecule has 0 heterocycles. The average molecular weight is 236 g/mol. The van der Waals surface area contributed by atoms with Gasteiger partial charge in [-0.15, -0.1) is 0 Å². The Kier molecular flexibility index (Phi) is 3.66. The maximum atomic E-state index is 11.8. The van der Waals surface area contributed by atoms with E-state index in [9.17, 15) is 9.90 Å². The van der Waals surface area contributed by atoms with Gasteiger partial charge < -0.3 is 5.11 Å². The Morgan fingerprint density at radius 3 is 3.00 bits per heavy atom. The quantitative estimate of drug-likeness (QED) is 0.762. The van der Waals surface area contributed by atoms with E-state index in [-0.39, 0.29) is 5.12 Å². The summed E-state index contributed by atoms with van der Waals surface area (Å²) in [7, 11) is 0. The van der Waals surface area contributed by atoms with Crippen LogP contribution in [0.25, 0.3) is 0 Å². The highest BCUT2D eigenvalue weighted by atomic mass is 32.2. The normalized spacial score (nSPS) is 20.0. The van der Waals surface area contributed by atoms with Gasteiger partial charge in [-0.05, 0) is 36.6 Å². The third-order valence-corrected chi connectivity index (χ3v) is 3.70. The van der Waals surface area contributed by atoms with Crippen LogP contribution >= 0.6 is 11.8 Å². The van der Waals surface area contributed by atoms with E-state index in [4.69, 9.17) is 0 Å². The zero-order valence-electron chi connectivity index (χ0n) is 9.40. The number of hydrogen-bond acceptors (Lipinski definition) is 3. The SMILES string of the molecule is CSC(=O)c1cccc2c1C(O)CCCC2. The molecule has 2 nitrogen and oxygen atoms in total. The molecule has 0 fully saturated rings. The van der Waals surface area contributed by atoms with E-state index >= 15 is 0 Å². The number of aliphatic hydroxyl groups excluding tert-OH is 1. The first-order valence-corrected chi connectivity index (χ1v) is 6.84. The van der Waals surface area contributed by atoms with Crippen molar-refractivity contribution in [3.8, 4) is 0 Å². The van der Waals surface area contributed by atoms with E-state index in [1.165, 1.54) is 11.8 Å². The molecule has 16 heavy (non-hydrogen) atoms. The minimum Gasteiger partial charge on any atom is -0.388 e. The number of fused-ring (bicyclic) bond motifs is 1. The molecule has 0 saturated heterocycles. The zero-order chi connectivity index (χ0) is 11.5. The second-order valence-electron chi connectivity index (χ2n) is 4.13. The van der Waals surface area contributed by atoms with Crippen LogP contribution in [0.3, 0.4) is 0 Å². The fourth-order valence-electron chi connectivity index (χ4n) is 2.31. The molecule has 0 spiro atoms. The van der Waals surface area contributed by atoms with Crippen LogP contribution in [0.4, 0.5) is 0 Å². The third-order valence-electron chi connectivity index (χ3n) is 3.11. The average Bonchev–Trinajstić information content (AvgIpc) is 2.50. The van der Waals surface area contributed by atoms with Crippen molar-refractivity contribution in [1.82, 2.24) is 0 Å². The maximum absolute atomic E-state index is 11.8. The molecule has 0 bridgehead atoms. The Balaban J connectivity index is 2.51. The molecule has 1 aromatic rings. The molecule has 1 N–H and O–H groups in total. The van der Waals surface area contributed by atoms with Gasteiger partial charge in [0.25, 0.3) is 0 Å². The van der Waals surface area contributed by atoms with Crippen molar-refractivity contribution in [3.05, 3.63) is 34.9 Å². The summed E-state index contributed by atoms with van der Waals surface area (Å²) in [6.45, 7) is 0. The van der Waals surface area contributed by atoms with Gasteiger partial charge in [0.1, 0.15) is 0 Å². The first-order valence-electron chi connectivity index (χ1n) is 5.62. The molecule has 1 aromatic carbocycles. The summed E-state index contributed by atoms with van der Waals surface area (Å²) in [6, 6.07) is 5.77. The minimum absolute atomic E-state index is 0.0535. The smallest absolute Gasteiger partial charge is 0.219 e. The van der Waals surface area contributed by atoms with Gasteiger partial charge in [0, 0.05) is 5.56 Å². The van der Waals surface area contributed by atoms with Crippen LogP contribution in [-0.2, 0) is 6.42 Å². The van der Waals surface area contributed by atoms with Crippen molar-refractivity contribution in [1.29, 1.82) is 0 Å². The van der Waals surface area contributed by atoms with Crippen LogP contribution in [0.1, 0.15) is 46.9 Å². The van der Waals surface area contributed by atoms with Crippen molar-refractivity contribution < 1.29 is 9.90 Å². The number of benzene rings is 1. The fraction of sp³-hybridized carbons (Fsp3) is 0.462. The summed E-state index contributed by atoms with van der Waals surface area (Å²) in [5, 5.41) is 10.2. The van der Waals surface area contributed by atoms with E-state index in [1.54, 1.807) is 6.26 Å². The molecular weight excluding hydrogens is 220 g/mol. The van der Waals surface area contributed by atoms with Gasteiger partial charge in [-0.1, -0.05) is 36.4 Å². The molecule has 0 amide bonds. The highest BCUT2D eigenvalue weighted by Crippen LogP contribution is 2.32. The highest BCUT2D eigenvalue weighted by molar-refractivity contribution is 8.13. The molecule has 0 aromatic heterocycles. The number of carbonyl (C=O) groups excluding carboxylic acids is 1. The summed E-state index contributed by atoms with van der Waals surface area (Å²) in [4.78, 5) is 11.8. The van der Waals surface area contributed by atoms with Gasteiger partial charge in [-0.2, -0.15) is 0 Å². The summed E-state index contributed by atoms with van der Waals surface area (Å²) in [6.07, 6.45) is 5.19. The first kappa shape index (κ1) is 11.7. The number of thioether (sulfide) groups is 1. The lowest BCUT2D eigenvalue weighted by molar-refractivity contribution is 0.108. The second kappa shape index (κ2) is 5.02. The van der Waals surface area contributed by atoms with Crippen LogP contribution in [-0.4, -0.2) is 16.5 Å². The molecule has 86 valence electrons. The van der Waals surface area contributed by atoms with E-state index < -0.39 is 6.10 Å². The lowest BCUT2D eigenvalue weighted by Gasteiger charge is -2.15. The van der Waals surface area contributed by atoms with E-state index in [2.05, 4.69) is 0 Å². The van der Waals surface area contributed by atoms with Gasteiger partial charge in [0.05, 0.1) is 6.10 Å². The van der Waals surface area contributed by atoms with Crippen molar-refractivity contribution in [2.24, 2.45) is 0 Å². The summed E-state index contributed by atoms with van der Waals surface area (Å²) >= 11 is 1.21. The molecule has 1 unspecified atom stereocenters. The van der Waals surface area contributed by atoms with Crippen LogP contribution in [0.5, 0.6) is 0 Å². The van der Waals surface area contributed by atoms with Crippen LogP contribution in [0.15, 0.2) is 18.2 Å². The zero-order valence-corrected chi connectivity index (χ0v) is 10.2. The third kappa shape index (κ3) is 2.15. The van der Waals surface area contributed by atoms with E-state index in [0.29, 0.717) is 5.56 Å². The Hall–Kier alpha value is -0.800. The van der Waals surface area contributed by atoms with Crippen LogP contribution in [0, 0.1) is 0 Å². The van der Waals surface area contributed by atoms with Crippen molar-refractivity contribution >= 4 is 16.9 Å². The standard InChI is InChI=1S/C13H16O2S/c1-16-13(15)10-7-4-6-9-5-2-3-8-11(14)12(9)10/h4,6-7,11,14H,2-3,5,8H2,1H3. The molecule has 0 saturated carbocycles. The lowest BCUT2D eigenvalue weighted by Crippen LogP contribution is -2.07. The Labute approximate surface area is 100 Å². The number of aliphatic hydroxyl groups is 1. The van der Waals surface area contributed by atoms with Crippen molar-refractivity contribution in [3.63, 3.8) is 0 Å². The highest BCUT2D eigenvalue weighted by Gasteiger charge is 2.22. The molecule has 1 aliphatic carbocycles. The van der Waals surface area contributed by atoms with E-state index in [0.717, 1.165) is 36.8 Å². The van der Waals surface area contributed by atoms with Crippen LogP contribution < -0.4 is 0 Å². The Morgan fingerprint density at radius 1 is 1.44 bits per heavy atom. The number of rotatable bonds is 1. The van der Waals surface area contributed by atoms with Crippen molar-refractivity contribution in [2.75, 3.05) is 6.26 Å². The minimum atomic E-state index is -0.468. The molecule has 3 heteroatoms. The topological polar surface area (TPSA) is 37.3 Å². The summed E-state index contributed by atoms with van der Waals surface area (Å²) in [5.41, 5.74) is 2.71. The molecule has 0 radical (unpaired) electrons. The predicted molar refractivity (Wildman–Crippen MR) is 66.8 cm³/mol. The molecule has 1 aliphatic rings. The largest absolute Gasteiger partial charge is 0.388 e. The van der Waals surface area contributed by atoms with Gasteiger partial charge in [0.15, 0.2) is 0 Å². The number of hydrogen-bond donors (Lipinski definition) is 1. The lowest BCUT2D eigenvalue weighted by atomic mass is 9.96.